The average molecular weight is 400 g/mol. The first kappa shape index (κ1) is 21.1. The van der Waals surface area contributed by atoms with Gasteiger partial charge >= 0.3 is 0 Å². The Labute approximate surface area is 171 Å². The number of anilines is 1. The van der Waals surface area contributed by atoms with Crippen LogP contribution in [0.1, 0.15) is 30.4 Å². The number of hydrogen-bond acceptors (Lipinski definition) is 4. The van der Waals surface area contributed by atoms with Gasteiger partial charge in [-0.3, -0.25) is 4.79 Å². The van der Waals surface area contributed by atoms with Crippen LogP contribution < -0.4 is 19.7 Å². The van der Waals surface area contributed by atoms with E-state index in [9.17, 15) is 9.18 Å². The van der Waals surface area contributed by atoms with Crippen LogP contribution in [0, 0.1) is 5.82 Å². The predicted molar refractivity (Wildman–Crippen MR) is 112 cm³/mol. The minimum absolute atomic E-state index is 0.0314. The number of benzene rings is 2. The van der Waals surface area contributed by atoms with E-state index in [4.69, 9.17) is 9.47 Å². The molecule has 2 aromatic rings. The first-order valence-electron chi connectivity index (χ1n) is 10.1. The number of carbonyl (C=O) groups excluding carboxylic acids is 1. The molecule has 3 rings (SSSR count). The summed E-state index contributed by atoms with van der Waals surface area (Å²) in [6, 6.07) is 11.0. The fourth-order valence-corrected chi connectivity index (χ4v) is 3.57. The van der Waals surface area contributed by atoms with Crippen LogP contribution in [0.4, 0.5) is 10.1 Å². The largest absolute Gasteiger partial charge is 0.497 e. The highest BCUT2D eigenvalue weighted by Gasteiger charge is 2.25. The van der Waals surface area contributed by atoms with E-state index in [-0.39, 0.29) is 11.7 Å². The maximum atomic E-state index is 13.9. The Kier molecular flexibility index (Phi) is 7.47. The van der Waals surface area contributed by atoms with Crippen molar-refractivity contribution in [1.82, 2.24) is 5.32 Å². The van der Waals surface area contributed by atoms with Crippen LogP contribution in [-0.4, -0.2) is 39.8 Å². The molecule has 0 fully saturated rings. The molecule has 6 heteroatoms. The molecule has 0 saturated carbocycles. The summed E-state index contributed by atoms with van der Waals surface area (Å²) in [6.07, 6.45) is 4.17. The van der Waals surface area contributed by atoms with Gasteiger partial charge in [0.1, 0.15) is 23.9 Å². The van der Waals surface area contributed by atoms with E-state index in [0.717, 1.165) is 37.1 Å². The SMILES string of the molecule is COc1ccc(CCCCNCCOc2cc(F)cc3c2N(C)C(=O)CC3)cc1. The summed E-state index contributed by atoms with van der Waals surface area (Å²) in [5, 5.41) is 3.36. The minimum atomic E-state index is -0.326. The Morgan fingerprint density at radius 2 is 1.90 bits per heavy atom. The van der Waals surface area contributed by atoms with Crippen molar-refractivity contribution in [2.45, 2.75) is 32.1 Å². The summed E-state index contributed by atoms with van der Waals surface area (Å²) in [4.78, 5) is 13.5. The van der Waals surface area contributed by atoms with Crippen molar-refractivity contribution in [3.63, 3.8) is 0 Å². The number of hydrogen-bond donors (Lipinski definition) is 1. The zero-order valence-corrected chi connectivity index (χ0v) is 17.2. The van der Waals surface area contributed by atoms with Crippen LogP contribution in [0.5, 0.6) is 11.5 Å². The smallest absolute Gasteiger partial charge is 0.227 e. The third kappa shape index (κ3) is 5.70. The standard InChI is InChI=1S/C23H29FN2O3/c1-26-22(27)11-8-18-15-19(24)16-21(23(18)26)29-14-13-25-12-4-3-5-17-6-9-20(28-2)10-7-17/h6-7,9-10,15-16,25H,3-5,8,11-14H2,1-2H3. The quantitative estimate of drug-likeness (QED) is 0.618. The number of unbranched alkanes of at least 4 members (excludes halogenated alkanes) is 1. The number of rotatable bonds is 10. The summed E-state index contributed by atoms with van der Waals surface area (Å²) < 4.78 is 24.8. The number of amides is 1. The van der Waals surface area contributed by atoms with Crippen molar-refractivity contribution in [2.75, 3.05) is 38.8 Å². The Bertz CT molecular complexity index is 824. The summed E-state index contributed by atoms with van der Waals surface area (Å²) >= 11 is 0. The third-order valence-electron chi connectivity index (χ3n) is 5.20. The summed E-state index contributed by atoms with van der Waals surface area (Å²) in [5.74, 6) is 1.03. The molecule has 5 nitrogen and oxygen atoms in total. The number of carbonyl (C=O) groups is 1. The molecule has 29 heavy (non-hydrogen) atoms. The summed E-state index contributed by atoms with van der Waals surface area (Å²) in [7, 11) is 3.39. The topological polar surface area (TPSA) is 50.8 Å². The predicted octanol–water partition coefficient (Wildman–Crippen LogP) is 3.73. The number of aryl methyl sites for hydroxylation is 2. The van der Waals surface area contributed by atoms with E-state index in [2.05, 4.69) is 17.4 Å². The lowest BCUT2D eigenvalue weighted by molar-refractivity contribution is -0.118. The molecule has 0 radical (unpaired) electrons. The van der Waals surface area contributed by atoms with E-state index in [1.807, 2.05) is 12.1 Å². The number of fused-ring (bicyclic) bond motifs is 1. The van der Waals surface area contributed by atoms with Crippen molar-refractivity contribution < 1.29 is 18.7 Å². The van der Waals surface area contributed by atoms with Gasteiger partial charge in [0.15, 0.2) is 0 Å². The van der Waals surface area contributed by atoms with Crippen LogP contribution in [0.15, 0.2) is 36.4 Å². The van der Waals surface area contributed by atoms with Crippen molar-refractivity contribution in [1.29, 1.82) is 0 Å². The molecule has 0 aliphatic carbocycles. The van der Waals surface area contributed by atoms with E-state index in [0.29, 0.717) is 37.4 Å². The molecule has 0 aromatic heterocycles. The molecule has 1 heterocycles. The molecule has 0 saturated heterocycles. The zero-order valence-electron chi connectivity index (χ0n) is 17.2. The maximum Gasteiger partial charge on any atom is 0.227 e. The first-order valence-corrected chi connectivity index (χ1v) is 10.1. The molecule has 0 atom stereocenters. The molecular formula is C23H29FN2O3. The van der Waals surface area contributed by atoms with Gasteiger partial charge in [0.2, 0.25) is 5.91 Å². The first-order chi connectivity index (χ1) is 14.1. The van der Waals surface area contributed by atoms with Gasteiger partial charge in [0.05, 0.1) is 12.8 Å². The van der Waals surface area contributed by atoms with Gasteiger partial charge in [-0.15, -0.1) is 0 Å². The van der Waals surface area contributed by atoms with Crippen LogP contribution in [0.3, 0.4) is 0 Å². The fourth-order valence-electron chi connectivity index (χ4n) is 3.57. The van der Waals surface area contributed by atoms with Crippen LogP contribution in [0.25, 0.3) is 0 Å². The molecule has 0 bridgehead atoms. The monoisotopic (exact) mass is 400 g/mol. The minimum Gasteiger partial charge on any atom is -0.497 e. The van der Waals surface area contributed by atoms with Gasteiger partial charge in [-0.05, 0) is 61.6 Å². The Morgan fingerprint density at radius 1 is 1.10 bits per heavy atom. The van der Waals surface area contributed by atoms with Gasteiger partial charge in [-0.25, -0.2) is 4.39 Å². The fraction of sp³-hybridized carbons (Fsp3) is 0.435. The lowest BCUT2D eigenvalue weighted by Crippen LogP contribution is -2.32. The Balaban J connectivity index is 1.37. The number of halogens is 1. The van der Waals surface area contributed by atoms with Gasteiger partial charge < -0.3 is 19.7 Å². The second kappa shape index (κ2) is 10.3. The molecule has 0 unspecified atom stereocenters. The van der Waals surface area contributed by atoms with Gasteiger partial charge in [0.25, 0.3) is 0 Å². The Morgan fingerprint density at radius 3 is 2.66 bits per heavy atom. The number of ether oxygens (including phenoxy) is 2. The lowest BCUT2D eigenvalue weighted by atomic mass is 10.0. The zero-order chi connectivity index (χ0) is 20.6. The molecular weight excluding hydrogens is 371 g/mol. The molecule has 2 aromatic carbocycles. The Hall–Kier alpha value is -2.60. The van der Waals surface area contributed by atoms with Crippen molar-refractivity contribution in [3.05, 3.63) is 53.3 Å². The maximum absolute atomic E-state index is 13.9. The molecule has 156 valence electrons. The highest BCUT2D eigenvalue weighted by molar-refractivity contribution is 5.97. The van der Waals surface area contributed by atoms with Gasteiger partial charge in [-0.1, -0.05) is 12.1 Å². The van der Waals surface area contributed by atoms with Crippen LogP contribution in [-0.2, 0) is 17.6 Å². The van der Waals surface area contributed by atoms with Gasteiger partial charge in [-0.2, -0.15) is 0 Å². The number of nitrogens with zero attached hydrogens (tertiary/aromatic N) is 1. The van der Waals surface area contributed by atoms with E-state index in [1.54, 1.807) is 19.1 Å². The third-order valence-corrected chi connectivity index (χ3v) is 5.20. The molecule has 1 N–H and O–H groups in total. The van der Waals surface area contributed by atoms with Crippen LogP contribution >= 0.6 is 0 Å². The molecule has 1 aliphatic heterocycles. The summed E-state index contributed by atoms with van der Waals surface area (Å²) in [5.41, 5.74) is 2.83. The molecule has 1 amide bonds. The lowest BCUT2D eigenvalue weighted by Gasteiger charge is -2.28. The van der Waals surface area contributed by atoms with Crippen molar-refractivity contribution in [3.8, 4) is 11.5 Å². The number of nitrogens with one attached hydrogen (secondary N) is 1. The van der Waals surface area contributed by atoms with Crippen molar-refractivity contribution >= 4 is 11.6 Å². The molecule has 0 spiro atoms. The average Bonchev–Trinajstić information content (AvgIpc) is 2.72. The van der Waals surface area contributed by atoms with Gasteiger partial charge in [0, 0.05) is 26.1 Å². The second-order valence-corrected chi connectivity index (χ2v) is 7.27. The summed E-state index contributed by atoms with van der Waals surface area (Å²) in [6.45, 7) is 2.00. The normalized spacial score (nSPS) is 13.3. The highest BCUT2D eigenvalue weighted by atomic mass is 19.1. The second-order valence-electron chi connectivity index (χ2n) is 7.27. The van der Waals surface area contributed by atoms with E-state index in [1.165, 1.54) is 17.7 Å². The number of methoxy groups -OCH3 is 1. The highest BCUT2D eigenvalue weighted by Crippen LogP contribution is 2.36. The van der Waals surface area contributed by atoms with Crippen LogP contribution in [0.2, 0.25) is 0 Å². The van der Waals surface area contributed by atoms with Crippen molar-refractivity contribution in [2.24, 2.45) is 0 Å². The van der Waals surface area contributed by atoms with E-state index < -0.39 is 0 Å². The van der Waals surface area contributed by atoms with E-state index >= 15 is 0 Å². The molecule has 1 aliphatic rings.